The third-order valence-corrected chi connectivity index (χ3v) is 5.13. The minimum Gasteiger partial charge on any atom is -0.372 e. The molecule has 0 bridgehead atoms. The van der Waals surface area contributed by atoms with Gasteiger partial charge >= 0.3 is 0 Å². The van der Waals surface area contributed by atoms with Crippen LogP contribution in [0.4, 0.5) is 17.1 Å². The monoisotopic (exact) mass is 380 g/mol. The highest BCUT2D eigenvalue weighted by Crippen LogP contribution is 2.24. The summed E-state index contributed by atoms with van der Waals surface area (Å²) < 4.78 is 0. The molecule has 1 aromatic carbocycles. The van der Waals surface area contributed by atoms with Gasteiger partial charge in [0.25, 0.3) is 5.91 Å². The van der Waals surface area contributed by atoms with Crippen molar-refractivity contribution in [2.75, 3.05) is 36.4 Å². The van der Waals surface area contributed by atoms with Gasteiger partial charge in [-0.15, -0.1) is 0 Å². The van der Waals surface area contributed by atoms with Crippen LogP contribution in [-0.2, 0) is 0 Å². The Balaban J connectivity index is 1.67. The second-order valence-corrected chi connectivity index (χ2v) is 7.44. The molecule has 3 rings (SSSR count). The number of rotatable bonds is 8. The van der Waals surface area contributed by atoms with Crippen molar-refractivity contribution in [1.82, 2.24) is 9.88 Å². The third kappa shape index (κ3) is 5.24. The van der Waals surface area contributed by atoms with Gasteiger partial charge in [0, 0.05) is 49.4 Å². The van der Waals surface area contributed by atoms with Gasteiger partial charge in [0.2, 0.25) is 0 Å². The fourth-order valence-electron chi connectivity index (χ4n) is 3.72. The minimum atomic E-state index is 0.00722. The molecule has 0 saturated carbocycles. The van der Waals surface area contributed by atoms with Gasteiger partial charge in [-0.25, -0.2) is 0 Å². The first-order chi connectivity index (χ1) is 13.7. The lowest BCUT2D eigenvalue weighted by molar-refractivity contribution is 0.0749. The zero-order valence-electron chi connectivity index (χ0n) is 17.2. The summed E-state index contributed by atoms with van der Waals surface area (Å²) in [4.78, 5) is 21.4. The molecule has 1 N–H and O–H groups in total. The zero-order chi connectivity index (χ0) is 19.8. The number of carbonyl (C=O) groups is 1. The van der Waals surface area contributed by atoms with E-state index < -0.39 is 0 Å². The average molecular weight is 381 g/mol. The summed E-state index contributed by atoms with van der Waals surface area (Å²) in [5.74, 6) is 0.00722. The number of carbonyl (C=O) groups excluding carboxylic acids is 1. The predicted octanol–water partition coefficient (Wildman–Crippen LogP) is 5.08. The summed E-state index contributed by atoms with van der Waals surface area (Å²) in [6.07, 6.45) is 7.50. The highest BCUT2D eigenvalue weighted by Gasteiger charge is 2.16. The molecule has 5 heteroatoms. The maximum Gasteiger partial charge on any atom is 0.272 e. The first-order valence-corrected chi connectivity index (χ1v) is 10.6. The summed E-state index contributed by atoms with van der Waals surface area (Å²) in [7, 11) is 0. The first-order valence-electron chi connectivity index (χ1n) is 10.6. The molecule has 1 fully saturated rings. The van der Waals surface area contributed by atoms with E-state index in [0.29, 0.717) is 5.69 Å². The van der Waals surface area contributed by atoms with E-state index in [1.165, 1.54) is 24.9 Å². The van der Waals surface area contributed by atoms with Crippen LogP contribution in [0, 0.1) is 0 Å². The molecule has 1 aliphatic heterocycles. The van der Waals surface area contributed by atoms with Crippen molar-refractivity contribution in [1.29, 1.82) is 0 Å². The van der Waals surface area contributed by atoms with Crippen molar-refractivity contribution < 1.29 is 4.79 Å². The number of hydrogen-bond acceptors (Lipinski definition) is 4. The molecule has 0 atom stereocenters. The number of piperidine rings is 1. The summed E-state index contributed by atoms with van der Waals surface area (Å²) in [6, 6.07) is 12.3. The van der Waals surface area contributed by atoms with Crippen LogP contribution in [0.15, 0.2) is 42.6 Å². The van der Waals surface area contributed by atoms with E-state index in [4.69, 9.17) is 0 Å². The van der Waals surface area contributed by atoms with Crippen LogP contribution < -0.4 is 10.2 Å². The molecule has 2 heterocycles. The van der Waals surface area contributed by atoms with Crippen LogP contribution in [0.5, 0.6) is 0 Å². The summed E-state index contributed by atoms with van der Waals surface area (Å²) in [6.45, 7) is 8.01. The van der Waals surface area contributed by atoms with E-state index in [0.717, 1.165) is 50.4 Å². The average Bonchev–Trinajstić information content (AvgIpc) is 2.74. The number of amides is 1. The predicted molar refractivity (Wildman–Crippen MR) is 117 cm³/mol. The summed E-state index contributed by atoms with van der Waals surface area (Å²) >= 11 is 0. The normalized spacial score (nSPS) is 14.0. The van der Waals surface area contributed by atoms with E-state index in [1.54, 1.807) is 6.20 Å². The van der Waals surface area contributed by atoms with Crippen molar-refractivity contribution in [3.63, 3.8) is 0 Å². The van der Waals surface area contributed by atoms with Crippen LogP contribution in [0.2, 0.25) is 0 Å². The van der Waals surface area contributed by atoms with E-state index in [1.807, 2.05) is 17.0 Å². The van der Waals surface area contributed by atoms with Crippen LogP contribution in [-0.4, -0.2) is 42.0 Å². The van der Waals surface area contributed by atoms with E-state index in [-0.39, 0.29) is 5.91 Å². The van der Waals surface area contributed by atoms with Crippen LogP contribution in [0.25, 0.3) is 0 Å². The Morgan fingerprint density at radius 2 is 1.68 bits per heavy atom. The van der Waals surface area contributed by atoms with Gasteiger partial charge in [0.05, 0.1) is 0 Å². The highest BCUT2D eigenvalue weighted by atomic mass is 16.2. The number of anilines is 3. The molecule has 28 heavy (non-hydrogen) atoms. The molecule has 0 radical (unpaired) electrons. The Labute approximate surface area is 168 Å². The molecular weight excluding hydrogens is 348 g/mol. The Morgan fingerprint density at radius 1 is 1.00 bits per heavy atom. The van der Waals surface area contributed by atoms with Crippen molar-refractivity contribution in [2.24, 2.45) is 0 Å². The Bertz CT molecular complexity index is 747. The molecule has 1 aliphatic rings. The van der Waals surface area contributed by atoms with E-state index >= 15 is 0 Å². The maximum absolute atomic E-state index is 12.8. The zero-order valence-corrected chi connectivity index (χ0v) is 17.2. The summed E-state index contributed by atoms with van der Waals surface area (Å²) in [5, 5.41) is 3.40. The van der Waals surface area contributed by atoms with E-state index in [2.05, 4.69) is 53.3 Å². The number of aromatic nitrogens is 1. The van der Waals surface area contributed by atoms with Crippen molar-refractivity contribution in [3.8, 4) is 0 Å². The van der Waals surface area contributed by atoms with Gasteiger partial charge in [-0.2, -0.15) is 0 Å². The number of hydrogen-bond donors (Lipinski definition) is 1. The van der Waals surface area contributed by atoms with Gasteiger partial charge in [-0.3, -0.25) is 9.78 Å². The fourth-order valence-corrected chi connectivity index (χ4v) is 3.72. The molecule has 150 valence electrons. The van der Waals surface area contributed by atoms with Crippen LogP contribution in [0.1, 0.15) is 56.4 Å². The van der Waals surface area contributed by atoms with E-state index in [9.17, 15) is 4.79 Å². The molecule has 1 saturated heterocycles. The molecule has 0 aliphatic carbocycles. The van der Waals surface area contributed by atoms with Crippen LogP contribution >= 0.6 is 0 Å². The Hall–Kier alpha value is -2.56. The molecule has 1 aromatic heterocycles. The molecule has 5 nitrogen and oxygen atoms in total. The second-order valence-electron chi connectivity index (χ2n) is 7.44. The van der Waals surface area contributed by atoms with Crippen molar-refractivity contribution in [2.45, 2.75) is 46.0 Å². The van der Waals surface area contributed by atoms with Gasteiger partial charge in [0.15, 0.2) is 0 Å². The Morgan fingerprint density at radius 3 is 2.32 bits per heavy atom. The lowest BCUT2D eigenvalue weighted by Gasteiger charge is -2.28. The summed E-state index contributed by atoms with van der Waals surface area (Å²) in [5.41, 5.74) is 3.68. The van der Waals surface area contributed by atoms with Gasteiger partial charge in [-0.1, -0.05) is 13.8 Å². The van der Waals surface area contributed by atoms with Crippen molar-refractivity contribution in [3.05, 3.63) is 48.3 Å². The highest BCUT2D eigenvalue weighted by molar-refractivity contribution is 5.93. The SMILES string of the molecule is CCCN(CCC)C(=O)c1cc(Nc2ccc(N3CCCCC3)cc2)ccn1. The third-order valence-electron chi connectivity index (χ3n) is 5.13. The first kappa shape index (κ1) is 20.2. The quantitative estimate of drug-likeness (QED) is 0.694. The molecule has 0 spiro atoms. The molecule has 1 amide bonds. The number of pyridine rings is 1. The second kappa shape index (κ2) is 10.1. The largest absolute Gasteiger partial charge is 0.372 e. The Kier molecular flexibility index (Phi) is 7.29. The van der Waals surface area contributed by atoms with Crippen molar-refractivity contribution >= 4 is 23.0 Å². The fraction of sp³-hybridized carbons (Fsp3) is 0.478. The van der Waals surface area contributed by atoms with Gasteiger partial charge < -0.3 is 15.1 Å². The number of nitrogens with one attached hydrogen (secondary N) is 1. The maximum atomic E-state index is 12.8. The number of benzene rings is 1. The standard InChI is InChI=1S/C23H32N4O/c1-3-14-27(15-4-2)23(28)22-18-20(12-13-24-22)25-19-8-10-21(11-9-19)26-16-6-5-7-17-26/h8-13,18H,3-7,14-17H2,1-2H3,(H,24,25). The number of nitrogens with zero attached hydrogens (tertiary/aromatic N) is 3. The molecule has 0 unspecified atom stereocenters. The lowest BCUT2D eigenvalue weighted by atomic mass is 10.1. The van der Waals surface area contributed by atoms with Gasteiger partial charge in [0.1, 0.15) is 5.69 Å². The topological polar surface area (TPSA) is 48.5 Å². The van der Waals surface area contributed by atoms with Crippen LogP contribution in [0.3, 0.4) is 0 Å². The minimum absolute atomic E-state index is 0.00722. The lowest BCUT2D eigenvalue weighted by Crippen LogP contribution is -2.33. The van der Waals surface area contributed by atoms with Gasteiger partial charge in [-0.05, 0) is 68.5 Å². The molecular formula is C23H32N4O. The smallest absolute Gasteiger partial charge is 0.272 e. The molecule has 2 aromatic rings.